The summed E-state index contributed by atoms with van der Waals surface area (Å²) in [6.07, 6.45) is 3.00. The molecule has 0 saturated heterocycles. The zero-order valence-electron chi connectivity index (χ0n) is 11.0. The first-order valence-electron chi connectivity index (χ1n) is 6.15. The number of aryl methyl sites for hydroxylation is 1. The summed E-state index contributed by atoms with van der Waals surface area (Å²) in [7, 11) is 0. The van der Waals surface area contributed by atoms with Crippen LogP contribution in [0.5, 0.6) is 0 Å². The average molecular weight is 256 g/mol. The molecule has 0 spiro atoms. The molecule has 4 heteroatoms. The summed E-state index contributed by atoms with van der Waals surface area (Å²) in [6.45, 7) is 4.70. The van der Waals surface area contributed by atoms with Gasteiger partial charge in [0.05, 0.1) is 5.69 Å². The molecule has 2 rings (SSSR count). The number of nitrogens with zero attached hydrogens (tertiary/aromatic N) is 2. The minimum absolute atomic E-state index is 0.214. The second kappa shape index (κ2) is 5.52. The van der Waals surface area contributed by atoms with E-state index in [1.54, 1.807) is 12.3 Å². The molecule has 4 nitrogen and oxygen atoms in total. The molecule has 98 valence electrons. The number of hydrogen-bond acceptors (Lipinski definition) is 3. The van der Waals surface area contributed by atoms with Crippen LogP contribution in [0.1, 0.15) is 22.8 Å². The minimum atomic E-state index is -0.964. The molecule has 0 aliphatic heterocycles. The lowest BCUT2D eigenvalue weighted by molar-refractivity contribution is 0.0697. The molecule has 0 fully saturated rings. The molecule has 1 aromatic carbocycles. The maximum atomic E-state index is 11.3. The molecule has 1 heterocycles. The van der Waals surface area contributed by atoms with Gasteiger partial charge in [-0.2, -0.15) is 0 Å². The predicted octanol–water partition coefficient (Wildman–Crippen LogP) is 3.25. The number of rotatable bonds is 4. The van der Waals surface area contributed by atoms with Gasteiger partial charge in [0.2, 0.25) is 0 Å². The van der Waals surface area contributed by atoms with Gasteiger partial charge in [-0.15, -0.1) is 0 Å². The van der Waals surface area contributed by atoms with Crippen LogP contribution in [0.25, 0.3) is 0 Å². The minimum Gasteiger partial charge on any atom is -0.478 e. The topological polar surface area (TPSA) is 53.4 Å². The van der Waals surface area contributed by atoms with Gasteiger partial charge < -0.3 is 10.0 Å². The van der Waals surface area contributed by atoms with Gasteiger partial charge in [0.1, 0.15) is 5.56 Å². The third kappa shape index (κ3) is 2.73. The first-order chi connectivity index (χ1) is 9.13. The van der Waals surface area contributed by atoms with E-state index in [1.807, 2.05) is 43.0 Å². The molecule has 0 aliphatic carbocycles. The maximum absolute atomic E-state index is 11.3. The highest BCUT2D eigenvalue weighted by atomic mass is 16.4. The van der Waals surface area contributed by atoms with Crippen molar-refractivity contribution in [2.45, 2.75) is 13.8 Å². The Hall–Kier alpha value is -2.36. The molecule has 1 aromatic heterocycles. The molecule has 19 heavy (non-hydrogen) atoms. The molecule has 2 aromatic rings. The van der Waals surface area contributed by atoms with Crippen LogP contribution in [0.4, 0.5) is 11.4 Å². The lowest BCUT2D eigenvalue weighted by Crippen LogP contribution is -2.19. The van der Waals surface area contributed by atoms with Crippen LogP contribution in [0.15, 0.2) is 42.7 Å². The molecule has 0 saturated carbocycles. The number of carboxylic acid groups (broad SMARTS) is 1. The van der Waals surface area contributed by atoms with Crippen molar-refractivity contribution in [1.82, 2.24) is 4.98 Å². The number of carbonyl (C=O) groups is 1. The first-order valence-corrected chi connectivity index (χ1v) is 6.15. The summed E-state index contributed by atoms with van der Waals surface area (Å²) in [5, 5.41) is 9.24. The van der Waals surface area contributed by atoms with Crippen molar-refractivity contribution in [3.63, 3.8) is 0 Å². The summed E-state index contributed by atoms with van der Waals surface area (Å²) in [4.78, 5) is 17.1. The fourth-order valence-electron chi connectivity index (χ4n) is 2.08. The van der Waals surface area contributed by atoms with Gasteiger partial charge in [-0.25, -0.2) is 4.79 Å². The fourth-order valence-corrected chi connectivity index (χ4v) is 2.08. The van der Waals surface area contributed by atoms with Crippen molar-refractivity contribution in [1.29, 1.82) is 0 Å². The van der Waals surface area contributed by atoms with Crippen LogP contribution >= 0.6 is 0 Å². The van der Waals surface area contributed by atoms with Crippen molar-refractivity contribution in [2.24, 2.45) is 0 Å². The number of benzene rings is 1. The summed E-state index contributed by atoms with van der Waals surface area (Å²) in [6, 6.07) is 9.73. The normalized spacial score (nSPS) is 10.2. The summed E-state index contributed by atoms with van der Waals surface area (Å²) < 4.78 is 0. The van der Waals surface area contributed by atoms with E-state index < -0.39 is 5.97 Å². The second-order valence-electron chi connectivity index (χ2n) is 4.28. The Morgan fingerprint density at radius 1 is 1.37 bits per heavy atom. The number of carboxylic acids is 1. The van der Waals surface area contributed by atoms with Gasteiger partial charge in [-0.05, 0) is 37.6 Å². The maximum Gasteiger partial charge on any atom is 0.339 e. The Morgan fingerprint density at radius 3 is 2.79 bits per heavy atom. The third-order valence-corrected chi connectivity index (χ3v) is 2.95. The van der Waals surface area contributed by atoms with E-state index in [9.17, 15) is 9.90 Å². The van der Waals surface area contributed by atoms with Crippen molar-refractivity contribution in [2.75, 3.05) is 11.4 Å². The Labute approximate surface area is 112 Å². The van der Waals surface area contributed by atoms with Crippen molar-refractivity contribution in [3.8, 4) is 0 Å². The van der Waals surface area contributed by atoms with Gasteiger partial charge in [-0.3, -0.25) is 4.98 Å². The van der Waals surface area contributed by atoms with E-state index in [0.29, 0.717) is 12.2 Å². The SMILES string of the molecule is CCN(c1cccc(C)c1)c1ccncc1C(=O)O. The fraction of sp³-hybridized carbons (Fsp3) is 0.200. The van der Waals surface area contributed by atoms with Crippen molar-refractivity contribution >= 4 is 17.3 Å². The van der Waals surface area contributed by atoms with E-state index in [4.69, 9.17) is 0 Å². The van der Waals surface area contributed by atoms with Crippen LogP contribution in [-0.4, -0.2) is 22.6 Å². The van der Waals surface area contributed by atoms with E-state index in [-0.39, 0.29) is 5.56 Å². The molecule has 1 N–H and O–H groups in total. The molecular weight excluding hydrogens is 240 g/mol. The van der Waals surface area contributed by atoms with Crippen molar-refractivity contribution < 1.29 is 9.90 Å². The van der Waals surface area contributed by atoms with Crippen LogP contribution < -0.4 is 4.90 Å². The Bertz CT molecular complexity index is 596. The molecule has 0 aliphatic rings. The van der Waals surface area contributed by atoms with Crippen LogP contribution in [0.3, 0.4) is 0 Å². The van der Waals surface area contributed by atoms with Crippen LogP contribution in [0, 0.1) is 6.92 Å². The quantitative estimate of drug-likeness (QED) is 0.912. The van der Waals surface area contributed by atoms with Crippen LogP contribution in [-0.2, 0) is 0 Å². The molecule has 0 bridgehead atoms. The number of hydrogen-bond donors (Lipinski definition) is 1. The lowest BCUT2D eigenvalue weighted by Gasteiger charge is -2.24. The highest BCUT2D eigenvalue weighted by molar-refractivity contribution is 5.95. The Morgan fingerprint density at radius 2 is 2.16 bits per heavy atom. The molecular formula is C15H16N2O2. The second-order valence-corrected chi connectivity index (χ2v) is 4.28. The number of aromatic nitrogens is 1. The molecule has 0 radical (unpaired) electrons. The van der Waals surface area contributed by atoms with Crippen molar-refractivity contribution in [3.05, 3.63) is 53.9 Å². The summed E-state index contributed by atoms with van der Waals surface area (Å²) in [5.41, 5.74) is 3.00. The molecule has 0 unspecified atom stereocenters. The van der Waals surface area contributed by atoms with E-state index in [2.05, 4.69) is 4.98 Å². The van der Waals surface area contributed by atoms with E-state index >= 15 is 0 Å². The standard InChI is InChI=1S/C15H16N2O2/c1-3-17(12-6-4-5-11(2)9-12)14-7-8-16-10-13(14)15(18)19/h4-10H,3H2,1-2H3,(H,18,19). The summed E-state index contributed by atoms with van der Waals surface area (Å²) in [5.74, 6) is -0.964. The lowest BCUT2D eigenvalue weighted by atomic mass is 10.1. The third-order valence-electron chi connectivity index (χ3n) is 2.95. The molecule has 0 atom stereocenters. The Kier molecular flexibility index (Phi) is 3.80. The average Bonchev–Trinajstić information content (AvgIpc) is 2.40. The smallest absolute Gasteiger partial charge is 0.339 e. The van der Waals surface area contributed by atoms with E-state index in [0.717, 1.165) is 11.3 Å². The zero-order chi connectivity index (χ0) is 13.8. The Balaban J connectivity index is 2.51. The molecule has 0 amide bonds. The highest BCUT2D eigenvalue weighted by Crippen LogP contribution is 2.28. The van der Waals surface area contributed by atoms with Gasteiger partial charge >= 0.3 is 5.97 Å². The van der Waals surface area contributed by atoms with Gasteiger partial charge in [0, 0.05) is 24.6 Å². The van der Waals surface area contributed by atoms with Gasteiger partial charge in [0.15, 0.2) is 0 Å². The number of anilines is 2. The number of pyridine rings is 1. The van der Waals surface area contributed by atoms with Gasteiger partial charge in [-0.1, -0.05) is 12.1 Å². The summed E-state index contributed by atoms with van der Waals surface area (Å²) >= 11 is 0. The zero-order valence-corrected chi connectivity index (χ0v) is 11.0. The van der Waals surface area contributed by atoms with E-state index in [1.165, 1.54) is 6.20 Å². The number of aromatic carboxylic acids is 1. The van der Waals surface area contributed by atoms with Gasteiger partial charge in [0.25, 0.3) is 0 Å². The first kappa shape index (κ1) is 13.1. The monoisotopic (exact) mass is 256 g/mol. The predicted molar refractivity (Wildman–Crippen MR) is 75.1 cm³/mol. The highest BCUT2D eigenvalue weighted by Gasteiger charge is 2.16. The largest absolute Gasteiger partial charge is 0.478 e. The van der Waals surface area contributed by atoms with Crippen LogP contribution in [0.2, 0.25) is 0 Å².